The maximum absolute atomic E-state index is 13.3. The van der Waals surface area contributed by atoms with Gasteiger partial charge in [-0.3, -0.25) is 39.5 Å². The van der Waals surface area contributed by atoms with E-state index in [1.54, 1.807) is 0 Å². The van der Waals surface area contributed by atoms with E-state index in [4.69, 9.17) is 15.3 Å². The summed E-state index contributed by atoms with van der Waals surface area (Å²) in [5, 5.41) is 40.1. The predicted molar refractivity (Wildman–Crippen MR) is 165 cm³/mol. The molecule has 0 aliphatic rings. The Morgan fingerprint density at radius 3 is 1.79 bits per heavy atom. The molecule has 0 saturated carbocycles. The molecular formula is C23H23N6Na3O16S5. The number of sulfone groups is 2. The Hall–Kier alpha value is -0.550. The normalized spacial score (nSPS) is 12.4. The summed E-state index contributed by atoms with van der Waals surface area (Å²) >= 11 is 0.209. The quantitative estimate of drug-likeness (QED) is 0.0165. The third kappa shape index (κ3) is 15.4. The molecule has 3 aromatic rings. The first-order valence-electron chi connectivity index (χ1n) is 13.0. The summed E-state index contributed by atoms with van der Waals surface area (Å²) in [5.41, 5.74) is 9.22. The van der Waals surface area contributed by atoms with E-state index < -0.39 is 84.9 Å². The maximum atomic E-state index is 13.3. The van der Waals surface area contributed by atoms with Gasteiger partial charge >= 0.3 is 88.7 Å². The number of benzene rings is 3. The van der Waals surface area contributed by atoms with Crippen molar-refractivity contribution in [3.63, 3.8) is 0 Å². The first-order chi connectivity index (χ1) is 23.5. The second-order valence-electron chi connectivity index (χ2n) is 9.21. The van der Waals surface area contributed by atoms with E-state index in [2.05, 4.69) is 44.0 Å². The van der Waals surface area contributed by atoms with Gasteiger partial charge in [0.05, 0.1) is 61.8 Å². The minimum atomic E-state index is -5.34. The van der Waals surface area contributed by atoms with Crippen LogP contribution in [0.25, 0.3) is 0 Å². The third-order valence-electron chi connectivity index (χ3n) is 6.16. The van der Waals surface area contributed by atoms with Gasteiger partial charge in [-0.15, -0.1) is 8.67 Å². The molecule has 5 N–H and O–H groups in total. The summed E-state index contributed by atoms with van der Waals surface area (Å²) in [6, 6.07) is 7.49. The van der Waals surface area contributed by atoms with Crippen molar-refractivity contribution in [3.8, 4) is 0 Å². The number of hydrogen-bond acceptors (Lipinski definition) is 24. The first kappa shape index (κ1) is 52.5. The minimum absolute atomic E-state index is 0. The van der Waals surface area contributed by atoms with Crippen molar-refractivity contribution in [2.45, 2.75) is 21.6 Å². The molecule has 274 valence electrons. The molecule has 0 bridgehead atoms. The maximum Gasteiger partial charge on any atom is 1.00 e. The van der Waals surface area contributed by atoms with Crippen LogP contribution < -0.4 is 137 Å². The van der Waals surface area contributed by atoms with Crippen molar-refractivity contribution >= 4 is 71.5 Å². The molecule has 3 rings (SSSR count). The van der Waals surface area contributed by atoms with Gasteiger partial charge in [0, 0.05) is 5.56 Å². The zero-order chi connectivity index (χ0) is 37.1. The van der Waals surface area contributed by atoms with Crippen LogP contribution in [-0.2, 0) is 56.9 Å². The standard InChI is InChI=1S/C23H26N6O16S5.3Na/c1-13-19(24)21(28-26-14-2-4-15(5-3-14)48(33,34)10-8-40-46-44-42-31)23(30)22(20(13)25)29-27-17-7-6-16(12-18(17)50(37,38)39)49(35,36)11-9-41-47-45-43-32;;;/h2-7,12,25-27,31-32H,8-11,24H2,1H3,(H,37,38,39);;;/q;3*+1/p-3/b25-20?,28-21+,29-22+;;;. The van der Waals surface area contributed by atoms with Crippen molar-refractivity contribution in [2.24, 2.45) is 10.2 Å². The summed E-state index contributed by atoms with van der Waals surface area (Å²) in [7, 11) is -13.4. The summed E-state index contributed by atoms with van der Waals surface area (Å²) in [5.74, 6) is -1.19. The summed E-state index contributed by atoms with van der Waals surface area (Å²) in [4.78, 5) is 11.5. The van der Waals surface area contributed by atoms with Gasteiger partial charge in [-0.05, 0) is 49.4 Å². The smallest absolute Gasteiger partial charge is 0.744 e. The summed E-state index contributed by atoms with van der Waals surface area (Å²) in [6.45, 7) is 0.510. The first-order valence-corrected chi connectivity index (χ1v) is 19.0. The molecule has 3 aromatic carbocycles. The van der Waals surface area contributed by atoms with Crippen LogP contribution in [0.3, 0.4) is 0 Å². The zero-order valence-corrected chi connectivity index (χ0v) is 38.0. The number of anilines is 3. The van der Waals surface area contributed by atoms with Crippen LogP contribution in [0.5, 0.6) is 0 Å². The van der Waals surface area contributed by atoms with Crippen LogP contribution >= 0.6 is 24.6 Å². The van der Waals surface area contributed by atoms with Gasteiger partial charge in [0.15, 0.2) is 55.0 Å². The predicted octanol–water partition coefficient (Wildman–Crippen LogP) is -11.8. The van der Waals surface area contributed by atoms with E-state index in [0.717, 1.165) is 12.1 Å². The molecule has 0 heterocycles. The molecule has 0 fully saturated rings. The SMILES string of the molecule is Cc1c(N)/c(=N\Nc2ccc(S(=O)(=O)CCOSOO[O-])cc2)c(=O)/c(=N/Nc2ccc(S(=O)(=O)CCOSOO[O-])cc2S(=O)(=O)[O-])c1=N.[Na+].[Na+].[Na+]. The van der Waals surface area contributed by atoms with Crippen molar-refractivity contribution in [1.29, 1.82) is 5.41 Å². The molecule has 0 saturated heterocycles. The Morgan fingerprint density at radius 1 is 0.792 bits per heavy atom. The van der Waals surface area contributed by atoms with E-state index in [1.165, 1.54) is 31.2 Å². The third-order valence-corrected chi connectivity index (χ3v) is 11.2. The fraction of sp³-hybridized carbons (Fsp3) is 0.217. The van der Waals surface area contributed by atoms with Gasteiger partial charge < -0.3 is 20.8 Å². The van der Waals surface area contributed by atoms with Crippen LogP contribution in [0.4, 0.5) is 17.1 Å². The van der Waals surface area contributed by atoms with Gasteiger partial charge in [-0.25, -0.2) is 25.3 Å². The van der Waals surface area contributed by atoms with Crippen LogP contribution in [0, 0.1) is 12.3 Å². The number of hydrogen-bond donors (Lipinski definition) is 4. The summed E-state index contributed by atoms with van der Waals surface area (Å²) < 4.78 is 103. The average Bonchev–Trinajstić information content (AvgIpc) is 3.06. The molecule has 0 spiro atoms. The Kier molecular flexibility index (Phi) is 24.0. The number of rotatable bonds is 19. The molecule has 30 heteroatoms. The van der Waals surface area contributed by atoms with Gasteiger partial charge in [0.1, 0.15) is 10.1 Å². The van der Waals surface area contributed by atoms with E-state index in [-0.39, 0.29) is 142 Å². The zero-order valence-electron chi connectivity index (χ0n) is 27.9. The number of nitrogen functional groups attached to an aromatic ring is 1. The molecule has 22 nitrogen and oxygen atoms in total. The summed E-state index contributed by atoms with van der Waals surface area (Å²) in [6.07, 6.45) is 0. The Morgan fingerprint density at radius 2 is 1.28 bits per heavy atom. The molecule has 0 radical (unpaired) electrons. The van der Waals surface area contributed by atoms with E-state index in [9.17, 15) is 45.1 Å². The molecule has 0 atom stereocenters. The molecule has 0 aliphatic carbocycles. The average molecular weight is 869 g/mol. The molecule has 0 amide bonds. The van der Waals surface area contributed by atoms with Gasteiger partial charge in [-0.2, -0.15) is 10.2 Å². The van der Waals surface area contributed by atoms with E-state index in [0.29, 0.717) is 6.07 Å². The van der Waals surface area contributed by atoms with Crippen LogP contribution in [0.1, 0.15) is 5.56 Å². The molecule has 53 heavy (non-hydrogen) atoms. The van der Waals surface area contributed by atoms with Crippen LogP contribution in [0.2, 0.25) is 0 Å². The van der Waals surface area contributed by atoms with E-state index in [1.807, 2.05) is 0 Å². The van der Waals surface area contributed by atoms with E-state index >= 15 is 0 Å². The van der Waals surface area contributed by atoms with Crippen molar-refractivity contribution in [3.05, 3.63) is 74.3 Å². The van der Waals surface area contributed by atoms with Crippen molar-refractivity contribution in [1.82, 2.24) is 0 Å². The second-order valence-corrected chi connectivity index (χ2v) is 15.8. The molecule has 0 aliphatic heterocycles. The fourth-order valence-electron chi connectivity index (χ4n) is 3.68. The molecule has 0 aromatic heterocycles. The largest absolute Gasteiger partial charge is 1.00 e. The van der Waals surface area contributed by atoms with Crippen LogP contribution in [0.15, 0.2) is 72.1 Å². The minimum Gasteiger partial charge on any atom is -0.744 e. The van der Waals surface area contributed by atoms with Gasteiger partial charge in [0.25, 0.3) is 0 Å². The molecular weight excluding hydrogens is 846 g/mol. The Bertz CT molecular complexity index is 2250. The van der Waals surface area contributed by atoms with Crippen molar-refractivity contribution in [2.75, 3.05) is 41.3 Å². The van der Waals surface area contributed by atoms with Crippen LogP contribution in [-0.4, -0.2) is 54.5 Å². The Labute approximate surface area is 376 Å². The van der Waals surface area contributed by atoms with Crippen molar-refractivity contribution < 1.29 is 156 Å². The topological polar surface area (TPSA) is 343 Å². The molecule has 0 unspecified atom stereocenters. The van der Waals surface area contributed by atoms with Gasteiger partial charge in [-0.1, -0.05) is 0 Å². The monoisotopic (exact) mass is 868 g/mol. The van der Waals surface area contributed by atoms with Gasteiger partial charge in [0.2, 0.25) is 5.43 Å². The second kappa shape index (κ2) is 24.3. The number of nitrogens with zero attached hydrogens (tertiary/aromatic N) is 2. The Balaban J connectivity index is 0.00000901. The fourth-order valence-corrected chi connectivity index (χ4v) is 7.24. The number of nitrogens with one attached hydrogen (secondary N) is 3. The number of nitrogens with two attached hydrogens (primary N) is 1.